The largest absolute Gasteiger partial charge is 0.0628 e. The minimum Gasteiger partial charge on any atom is -0.0628 e. The summed E-state index contributed by atoms with van der Waals surface area (Å²) in [7, 11) is 0. The molecule has 0 saturated heterocycles. The van der Waals surface area contributed by atoms with Gasteiger partial charge in [-0.3, -0.25) is 0 Å². The molecule has 0 spiro atoms. The first kappa shape index (κ1) is 86.8. The van der Waals surface area contributed by atoms with Crippen LogP contribution in [0.25, 0.3) is 145 Å². The van der Waals surface area contributed by atoms with E-state index < -0.39 is 0 Å². The highest BCUT2D eigenvalue weighted by Gasteiger charge is 2.49. The topological polar surface area (TPSA) is 0 Å². The number of fused-ring (bicyclic) bond motifs is 21. The zero-order valence-electron chi connectivity index (χ0n) is 84.4. The molecule has 0 amide bonds. The number of hydrogen-bond donors (Lipinski definition) is 0. The Bertz CT molecular complexity index is 7280. The van der Waals surface area contributed by atoms with Gasteiger partial charge in [0.25, 0.3) is 0 Å². The lowest BCUT2D eigenvalue weighted by Gasteiger charge is -2.35. The second-order valence-corrected chi connectivity index (χ2v) is 49.6. The third-order valence-corrected chi connectivity index (χ3v) is 34.0. The molecule has 0 heteroatoms. The molecule has 0 heterocycles. The molecular formula is C131H138. The fraction of sp³-hybridized carbons (Fsp3) is 0.359. The minimum absolute atomic E-state index is 0.0212. The SMILES string of the molecule is Cc1cc2c(cc1C)C(CCC(C)C)(CCC(C)C)c1cc(-c3ccc4c(c3)C(C)(C)c3cc(-c5ccc6c(c5)C(C)(C)c5cc(-c7cc(C(C)(C)C)cc8c7-c7ccc(C(C)(C)C)cc7C8(C)C)ccc5-6)ccc3-4)c(-c3ccc4c(c3)C(C)(C)c3cc(-c5ccc6c(c5)C(C)(C)c5cc(-c7cc(C(C)(C)C)cc8c7-c7ccc(C(C)(C)C)cc7C8(C)C)ccc5-6)ccc3-4)cc1-2. The Hall–Kier alpha value is -10.9. The molecule has 0 radical (unpaired) electrons. The summed E-state index contributed by atoms with van der Waals surface area (Å²) in [6, 6.07) is 95.2. The standard InChI is InChI=1S/C131H138/c1-73(2)51-53-131(54-52-74(3)4)115-56-76(6)75(5)55-103(115)104-71-99(81-35-45-93-89-41-31-77(57-105(89)125(19,20)109(93)61-81)79-33-43-91-95-47-37-83(63-111(95)127(23,24)107(91)59-79)101-65-87(123(13,14)15)69-117-119(101)97-49-39-85(121(7,8)9)67-113(97)129(117,27)28)100(72-116(104)131)82-36-46-94-90-42-32-78(58-106(90)126(21,22)110(94)62-82)80-34-44-92-96-48-38-84(64-112(96)128(25,26)108(92)60-80)102-66-88(124(16,17)18)70-118-120(102)98-50-40-86(122(10,11)12)68-114(98)130(118,29)30/h31-50,55-74H,51-54H2,1-30H3. The maximum Gasteiger partial charge on any atom is 0.0215 e. The molecule has 0 unspecified atom stereocenters. The summed E-state index contributed by atoms with van der Waals surface area (Å²) < 4.78 is 0. The molecule has 0 aromatic heterocycles. The molecule has 0 atom stereocenters. The van der Waals surface area contributed by atoms with E-state index in [1.54, 1.807) is 0 Å². The second-order valence-electron chi connectivity index (χ2n) is 49.6. The zero-order valence-corrected chi connectivity index (χ0v) is 84.4. The van der Waals surface area contributed by atoms with Crippen LogP contribution in [0.1, 0.15) is 331 Å². The van der Waals surface area contributed by atoms with Crippen molar-refractivity contribution in [3.63, 3.8) is 0 Å². The predicted molar refractivity (Wildman–Crippen MR) is 563 cm³/mol. The first-order chi connectivity index (χ1) is 61.4. The van der Waals surface area contributed by atoms with Gasteiger partial charge in [-0.1, -0.05) is 352 Å². The van der Waals surface area contributed by atoms with Crippen molar-refractivity contribution in [1.29, 1.82) is 0 Å². The molecule has 0 fully saturated rings. The maximum absolute atomic E-state index is 2.74. The van der Waals surface area contributed by atoms with Crippen molar-refractivity contribution >= 4 is 0 Å². The number of rotatable bonds is 12. The van der Waals surface area contributed by atoms with E-state index in [1.165, 1.54) is 269 Å². The van der Waals surface area contributed by atoms with E-state index in [4.69, 9.17) is 0 Å². The third kappa shape index (κ3) is 12.9. The van der Waals surface area contributed by atoms with Gasteiger partial charge in [-0.15, -0.1) is 0 Å². The van der Waals surface area contributed by atoms with Crippen LogP contribution in [-0.2, 0) is 59.6 Å². The van der Waals surface area contributed by atoms with Crippen LogP contribution in [0.4, 0.5) is 0 Å². The van der Waals surface area contributed by atoms with Crippen LogP contribution in [0.15, 0.2) is 231 Å². The van der Waals surface area contributed by atoms with Gasteiger partial charge >= 0.3 is 0 Å². The zero-order chi connectivity index (χ0) is 92.9. The molecular weight excluding hydrogens is 1570 g/mol. The normalized spacial score (nSPS) is 16.7. The van der Waals surface area contributed by atoms with E-state index in [9.17, 15) is 0 Å². The lowest BCUT2D eigenvalue weighted by atomic mass is 9.68. The maximum atomic E-state index is 2.74. The van der Waals surface area contributed by atoms with Gasteiger partial charge in [0.05, 0.1) is 0 Å². The Balaban J connectivity index is 0.627. The lowest BCUT2D eigenvalue weighted by molar-refractivity contribution is 0.364. The van der Waals surface area contributed by atoms with Crippen molar-refractivity contribution in [2.24, 2.45) is 11.8 Å². The fourth-order valence-corrected chi connectivity index (χ4v) is 25.3. The summed E-state index contributed by atoms with van der Waals surface area (Å²) in [6.45, 7) is 72.4. The highest BCUT2D eigenvalue weighted by Crippen LogP contribution is 2.64. The summed E-state index contributed by atoms with van der Waals surface area (Å²) in [6.07, 6.45) is 4.58. The van der Waals surface area contributed by atoms with E-state index >= 15 is 0 Å². The van der Waals surface area contributed by atoms with E-state index in [0.717, 1.165) is 12.8 Å². The Labute approximate surface area is 785 Å². The first-order valence-corrected chi connectivity index (χ1v) is 49.6. The quantitative estimate of drug-likeness (QED) is 0.114. The van der Waals surface area contributed by atoms with Gasteiger partial charge < -0.3 is 0 Å². The Kier molecular flexibility index (Phi) is 18.9. The molecule has 0 aliphatic heterocycles. The van der Waals surface area contributed by atoms with Gasteiger partial charge in [0, 0.05) is 37.9 Å². The Morgan fingerprint density at radius 2 is 0.420 bits per heavy atom. The molecule has 21 rings (SSSR count). The Morgan fingerprint density at radius 1 is 0.191 bits per heavy atom. The van der Waals surface area contributed by atoms with Gasteiger partial charge in [0.15, 0.2) is 0 Å². The Morgan fingerprint density at radius 3 is 0.718 bits per heavy atom. The fourth-order valence-electron chi connectivity index (χ4n) is 25.3. The number of benzene rings is 14. The van der Waals surface area contributed by atoms with Crippen LogP contribution in [0.5, 0.6) is 0 Å². The molecule has 0 N–H and O–H groups in total. The van der Waals surface area contributed by atoms with Crippen LogP contribution in [0.3, 0.4) is 0 Å². The van der Waals surface area contributed by atoms with Gasteiger partial charge in [-0.2, -0.15) is 0 Å². The molecule has 0 nitrogen and oxygen atoms in total. The van der Waals surface area contributed by atoms with Crippen molar-refractivity contribution < 1.29 is 0 Å². The van der Waals surface area contributed by atoms with Crippen molar-refractivity contribution in [1.82, 2.24) is 0 Å². The van der Waals surface area contributed by atoms with Crippen molar-refractivity contribution in [2.75, 3.05) is 0 Å². The van der Waals surface area contributed by atoms with E-state index in [0.29, 0.717) is 11.8 Å². The van der Waals surface area contributed by atoms with Crippen LogP contribution in [0.2, 0.25) is 0 Å². The second kappa shape index (κ2) is 28.6. The average Bonchev–Trinajstić information content (AvgIpc) is 1.55. The van der Waals surface area contributed by atoms with E-state index in [-0.39, 0.29) is 59.6 Å². The van der Waals surface area contributed by atoms with Gasteiger partial charge in [-0.25, -0.2) is 0 Å². The summed E-state index contributed by atoms with van der Waals surface area (Å²) in [5.74, 6) is 1.15. The third-order valence-electron chi connectivity index (χ3n) is 34.0. The summed E-state index contributed by atoms with van der Waals surface area (Å²) in [5, 5.41) is 0. The lowest BCUT2D eigenvalue weighted by Crippen LogP contribution is -2.27. The van der Waals surface area contributed by atoms with Crippen LogP contribution in [-0.4, -0.2) is 0 Å². The smallest absolute Gasteiger partial charge is 0.0215 e. The van der Waals surface area contributed by atoms with Crippen LogP contribution >= 0.6 is 0 Å². The van der Waals surface area contributed by atoms with Crippen LogP contribution in [0, 0.1) is 25.7 Å². The van der Waals surface area contributed by atoms with Crippen molar-refractivity contribution in [2.45, 2.75) is 293 Å². The minimum atomic E-state index is -0.286. The monoisotopic (exact) mass is 1710 g/mol. The number of hydrogen-bond acceptors (Lipinski definition) is 0. The van der Waals surface area contributed by atoms with Crippen molar-refractivity contribution in [3.05, 3.63) is 342 Å². The summed E-state index contributed by atoms with van der Waals surface area (Å²) in [5.41, 5.74) is 61.7. The molecule has 662 valence electrons. The highest BCUT2D eigenvalue weighted by atomic mass is 14.5. The van der Waals surface area contributed by atoms with E-state index in [2.05, 4.69) is 438 Å². The molecule has 7 aliphatic carbocycles. The molecule has 14 aromatic carbocycles. The van der Waals surface area contributed by atoms with Crippen molar-refractivity contribution in [3.8, 4) is 145 Å². The number of aryl methyl sites for hydroxylation is 2. The summed E-state index contributed by atoms with van der Waals surface area (Å²) >= 11 is 0. The molecule has 131 heavy (non-hydrogen) atoms. The molecule has 0 saturated carbocycles. The van der Waals surface area contributed by atoms with Crippen LogP contribution < -0.4 is 0 Å². The van der Waals surface area contributed by atoms with Gasteiger partial charge in [0.2, 0.25) is 0 Å². The predicted octanol–water partition coefficient (Wildman–Crippen LogP) is 36.5. The van der Waals surface area contributed by atoms with Gasteiger partial charge in [0.1, 0.15) is 0 Å². The molecule has 0 bridgehead atoms. The molecule has 7 aliphatic rings. The first-order valence-electron chi connectivity index (χ1n) is 49.6. The molecule has 14 aromatic rings. The average molecular weight is 1710 g/mol. The highest BCUT2D eigenvalue weighted by molar-refractivity contribution is 6.01. The summed E-state index contributed by atoms with van der Waals surface area (Å²) in [4.78, 5) is 0. The van der Waals surface area contributed by atoms with Gasteiger partial charge in [-0.05, 0) is 402 Å². The van der Waals surface area contributed by atoms with E-state index in [1.807, 2.05) is 0 Å².